The van der Waals surface area contributed by atoms with Crippen molar-refractivity contribution in [2.75, 3.05) is 13.1 Å². The summed E-state index contributed by atoms with van der Waals surface area (Å²) in [6.45, 7) is 6.86. The summed E-state index contributed by atoms with van der Waals surface area (Å²) in [6.07, 6.45) is 0. The lowest BCUT2D eigenvalue weighted by atomic mass is 10.3. The molecule has 0 aromatic heterocycles. The van der Waals surface area contributed by atoms with Crippen LogP contribution in [0.25, 0.3) is 0 Å². The number of nitrogens with zero attached hydrogens (tertiary/aromatic N) is 3. The van der Waals surface area contributed by atoms with Gasteiger partial charge in [0, 0.05) is 13.1 Å². The van der Waals surface area contributed by atoms with Gasteiger partial charge in [-0.15, -0.1) is 0 Å². The Hall–Kier alpha value is -1.26. The molecular formula is C7H15N3O2. The van der Waals surface area contributed by atoms with Crippen LogP contribution in [-0.2, 0) is 0 Å². The third kappa shape index (κ3) is 2.41. The van der Waals surface area contributed by atoms with Crippen LogP contribution >= 0.6 is 0 Å². The molecule has 0 saturated carbocycles. The van der Waals surface area contributed by atoms with E-state index in [2.05, 4.69) is 10.3 Å². The zero-order chi connectivity index (χ0) is 9.56. The molecule has 0 amide bonds. The molecule has 0 aliphatic rings. The highest BCUT2D eigenvalue weighted by atomic mass is 16.4. The Balaban J connectivity index is 4.55. The van der Waals surface area contributed by atoms with Crippen LogP contribution in [-0.4, -0.2) is 40.0 Å². The summed E-state index contributed by atoms with van der Waals surface area (Å²) in [4.78, 5) is 1.79. The molecule has 0 bridgehead atoms. The average molecular weight is 173 g/mol. The van der Waals surface area contributed by atoms with E-state index in [0.717, 1.165) is 0 Å². The van der Waals surface area contributed by atoms with Gasteiger partial charge in [-0.3, -0.25) is 0 Å². The van der Waals surface area contributed by atoms with Crippen LogP contribution in [0, 0.1) is 0 Å². The average Bonchev–Trinajstić information content (AvgIpc) is 2.12. The second-order valence-electron chi connectivity index (χ2n) is 2.28. The van der Waals surface area contributed by atoms with Gasteiger partial charge in [-0.05, 0) is 20.8 Å². The lowest BCUT2D eigenvalue weighted by Gasteiger charge is -2.20. The van der Waals surface area contributed by atoms with Crippen LogP contribution < -0.4 is 0 Å². The molecule has 5 heteroatoms. The lowest BCUT2D eigenvalue weighted by molar-refractivity contribution is 0.301. The fourth-order valence-corrected chi connectivity index (χ4v) is 0.932. The van der Waals surface area contributed by atoms with Crippen molar-refractivity contribution in [2.45, 2.75) is 20.8 Å². The lowest BCUT2D eigenvalue weighted by Crippen LogP contribution is -2.35. The highest BCUT2D eigenvalue weighted by Gasteiger charge is 2.11. The van der Waals surface area contributed by atoms with E-state index in [4.69, 9.17) is 10.4 Å². The highest BCUT2D eigenvalue weighted by Crippen LogP contribution is 1.94. The summed E-state index contributed by atoms with van der Waals surface area (Å²) in [5.41, 5.74) is 0.307. The molecular weight excluding hydrogens is 158 g/mol. The van der Waals surface area contributed by atoms with Crippen LogP contribution in [0.5, 0.6) is 0 Å². The first-order chi connectivity index (χ1) is 5.71. The van der Waals surface area contributed by atoms with Gasteiger partial charge in [-0.25, -0.2) is 0 Å². The summed E-state index contributed by atoms with van der Waals surface area (Å²) in [5, 5.41) is 23.1. The van der Waals surface area contributed by atoms with Crippen LogP contribution in [0.3, 0.4) is 0 Å². The number of amidine groups is 1. The zero-order valence-electron chi connectivity index (χ0n) is 7.65. The van der Waals surface area contributed by atoms with Crippen molar-refractivity contribution in [1.82, 2.24) is 4.90 Å². The maximum absolute atomic E-state index is 8.61. The van der Waals surface area contributed by atoms with Crippen molar-refractivity contribution in [1.29, 1.82) is 0 Å². The van der Waals surface area contributed by atoms with Crippen molar-refractivity contribution < 1.29 is 10.4 Å². The first kappa shape index (κ1) is 10.7. The van der Waals surface area contributed by atoms with Gasteiger partial charge in [0.15, 0.2) is 5.84 Å². The molecule has 2 N–H and O–H groups in total. The summed E-state index contributed by atoms with van der Waals surface area (Å²) in [5.74, 6) is 0.308. The fourth-order valence-electron chi connectivity index (χ4n) is 0.932. The normalized spacial score (nSPS) is 13.2. The summed E-state index contributed by atoms with van der Waals surface area (Å²) < 4.78 is 0. The molecule has 5 nitrogen and oxygen atoms in total. The molecule has 0 aliphatic carbocycles. The first-order valence-corrected chi connectivity index (χ1v) is 3.87. The third-order valence-corrected chi connectivity index (χ3v) is 1.63. The highest BCUT2D eigenvalue weighted by molar-refractivity contribution is 6.40. The van der Waals surface area contributed by atoms with Crippen molar-refractivity contribution in [3.05, 3.63) is 0 Å². The van der Waals surface area contributed by atoms with Gasteiger partial charge in [-0.2, -0.15) is 0 Å². The number of oxime groups is 2. The molecule has 0 atom stereocenters. The molecule has 0 unspecified atom stereocenters. The van der Waals surface area contributed by atoms with Crippen LogP contribution in [0.1, 0.15) is 20.8 Å². The predicted molar refractivity (Wildman–Crippen MR) is 47.0 cm³/mol. The Morgan fingerprint density at radius 3 is 1.92 bits per heavy atom. The summed E-state index contributed by atoms with van der Waals surface area (Å²) in [6, 6.07) is 0. The molecule has 0 rings (SSSR count). The van der Waals surface area contributed by atoms with E-state index in [1.165, 1.54) is 0 Å². The van der Waals surface area contributed by atoms with Crippen molar-refractivity contribution in [2.24, 2.45) is 10.3 Å². The molecule has 0 heterocycles. The van der Waals surface area contributed by atoms with Gasteiger partial charge in [0.2, 0.25) is 0 Å². The largest absolute Gasteiger partial charge is 0.411 e. The van der Waals surface area contributed by atoms with Gasteiger partial charge in [0.25, 0.3) is 0 Å². The molecule has 0 spiro atoms. The smallest absolute Gasteiger partial charge is 0.192 e. The van der Waals surface area contributed by atoms with E-state index in [1.807, 2.05) is 13.8 Å². The minimum atomic E-state index is 0.307. The van der Waals surface area contributed by atoms with Gasteiger partial charge in [-0.1, -0.05) is 10.3 Å². The van der Waals surface area contributed by atoms with Crippen LogP contribution in [0.2, 0.25) is 0 Å². The number of hydrogen-bond donors (Lipinski definition) is 2. The molecule has 12 heavy (non-hydrogen) atoms. The Labute approximate surface area is 72.0 Å². The quantitative estimate of drug-likeness (QED) is 0.289. The minimum Gasteiger partial charge on any atom is -0.411 e. The first-order valence-electron chi connectivity index (χ1n) is 3.87. The Bertz CT molecular complexity index is 185. The number of rotatable bonds is 3. The van der Waals surface area contributed by atoms with Crippen LogP contribution in [0.4, 0.5) is 0 Å². The zero-order valence-corrected chi connectivity index (χ0v) is 7.65. The van der Waals surface area contributed by atoms with Crippen molar-refractivity contribution >= 4 is 11.5 Å². The van der Waals surface area contributed by atoms with E-state index in [0.29, 0.717) is 24.6 Å². The minimum absolute atomic E-state index is 0.307. The standard InChI is InChI=1S/C7H15N3O2/c1-4-10(5-2)7(9-12)6(3)8-11/h11-12H,4-5H2,1-3H3/b8-6+,9-7-. The Morgan fingerprint density at radius 2 is 1.67 bits per heavy atom. The molecule has 0 aromatic carbocycles. The molecule has 0 radical (unpaired) electrons. The Kier molecular flexibility index (Phi) is 4.83. The van der Waals surface area contributed by atoms with E-state index in [-0.39, 0.29) is 0 Å². The monoisotopic (exact) mass is 173 g/mol. The van der Waals surface area contributed by atoms with Gasteiger partial charge in [0.05, 0.1) is 0 Å². The SMILES string of the molecule is CCN(CC)C(=N\O)/C(C)=N/O. The summed E-state index contributed by atoms with van der Waals surface area (Å²) in [7, 11) is 0. The third-order valence-electron chi connectivity index (χ3n) is 1.63. The van der Waals surface area contributed by atoms with E-state index >= 15 is 0 Å². The molecule has 0 fully saturated rings. The molecule has 0 aliphatic heterocycles. The second-order valence-corrected chi connectivity index (χ2v) is 2.28. The van der Waals surface area contributed by atoms with Crippen LogP contribution in [0.15, 0.2) is 10.3 Å². The molecule has 0 saturated heterocycles. The summed E-state index contributed by atoms with van der Waals surface area (Å²) >= 11 is 0. The predicted octanol–water partition coefficient (Wildman–Crippen LogP) is 0.966. The van der Waals surface area contributed by atoms with Crippen molar-refractivity contribution in [3.63, 3.8) is 0 Å². The van der Waals surface area contributed by atoms with Gasteiger partial charge >= 0.3 is 0 Å². The number of hydrogen-bond acceptors (Lipinski definition) is 4. The van der Waals surface area contributed by atoms with E-state index in [1.54, 1.807) is 11.8 Å². The Morgan fingerprint density at radius 1 is 1.17 bits per heavy atom. The van der Waals surface area contributed by atoms with Gasteiger partial charge < -0.3 is 15.3 Å². The van der Waals surface area contributed by atoms with Crippen molar-refractivity contribution in [3.8, 4) is 0 Å². The van der Waals surface area contributed by atoms with Gasteiger partial charge in [0.1, 0.15) is 5.71 Å². The molecule has 70 valence electrons. The van der Waals surface area contributed by atoms with E-state index < -0.39 is 0 Å². The fraction of sp³-hybridized carbons (Fsp3) is 0.714. The second kappa shape index (κ2) is 5.40. The van der Waals surface area contributed by atoms with E-state index in [9.17, 15) is 0 Å². The maximum atomic E-state index is 8.61. The topological polar surface area (TPSA) is 68.4 Å². The maximum Gasteiger partial charge on any atom is 0.192 e. The molecule has 0 aromatic rings.